The van der Waals surface area contributed by atoms with Gasteiger partial charge in [-0.1, -0.05) is 60.7 Å². The molecule has 4 rings (SSSR count). The van der Waals surface area contributed by atoms with Crippen molar-refractivity contribution in [1.82, 2.24) is 4.90 Å². The summed E-state index contributed by atoms with van der Waals surface area (Å²) < 4.78 is 5.46. The highest BCUT2D eigenvalue weighted by atomic mass is 32.2. The molecule has 1 heterocycles. The van der Waals surface area contributed by atoms with Gasteiger partial charge in [-0.3, -0.25) is 19.3 Å². The van der Waals surface area contributed by atoms with Crippen LogP contribution < -0.4 is 4.74 Å². The maximum Gasteiger partial charge on any atom is 0.293 e. The van der Waals surface area contributed by atoms with Crippen LogP contribution in [0.1, 0.15) is 15.9 Å². The Bertz CT molecular complexity index is 1150. The van der Waals surface area contributed by atoms with Gasteiger partial charge in [0, 0.05) is 11.1 Å². The molecule has 1 aliphatic rings. The Morgan fingerprint density at radius 3 is 2.48 bits per heavy atom. The topological polar surface area (TPSA) is 63.7 Å². The Labute approximate surface area is 172 Å². The molecule has 0 atom stereocenters. The molecule has 1 fully saturated rings. The second-order valence-electron chi connectivity index (χ2n) is 6.46. The van der Waals surface area contributed by atoms with E-state index in [9.17, 15) is 14.4 Å². The summed E-state index contributed by atoms with van der Waals surface area (Å²) >= 11 is 0.832. The van der Waals surface area contributed by atoms with Crippen molar-refractivity contribution < 1.29 is 19.1 Å². The van der Waals surface area contributed by atoms with Gasteiger partial charge in [-0.05, 0) is 34.7 Å². The van der Waals surface area contributed by atoms with Gasteiger partial charge in [-0.25, -0.2) is 0 Å². The van der Waals surface area contributed by atoms with Crippen molar-refractivity contribution in [2.75, 3.05) is 13.7 Å². The number of hydrogen-bond acceptors (Lipinski definition) is 5. The van der Waals surface area contributed by atoms with Gasteiger partial charge in [0.1, 0.15) is 5.75 Å². The fraction of sp³-hybridized carbons (Fsp3) is 0.0870. The number of Topliss-reactive ketones (excluding diaryl/α,β-unsaturated/α-hetero) is 1. The molecule has 0 aliphatic carbocycles. The molecule has 0 saturated carbocycles. The number of hydrogen-bond donors (Lipinski definition) is 0. The predicted molar refractivity (Wildman–Crippen MR) is 114 cm³/mol. The van der Waals surface area contributed by atoms with E-state index in [2.05, 4.69) is 0 Å². The molecule has 0 unspecified atom stereocenters. The van der Waals surface area contributed by atoms with Crippen molar-refractivity contribution >= 4 is 45.5 Å². The van der Waals surface area contributed by atoms with E-state index < -0.39 is 11.1 Å². The minimum atomic E-state index is -0.473. The average molecular weight is 403 g/mol. The number of nitrogens with zero attached hydrogens (tertiary/aromatic N) is 1. The predicted octanol–water partition coefficient (Wildman–Crippen LogP) is 4.77. The highest BCUT2D eigenvalue weighted by Crippen LogP contribution is 2.36. The van der Waals surface area contributed by atoms with E-state index in [1.165, 1.54) is 0 Å². The highest BCUT2D eigenvalue weighted by molar-refractivity contribution is 8.18. The van der Waals surface area contributed by atoms with Gasteiger partial charge >= 0.3 is 0 Å². The van der Waals surface area contributed by atoms with Crippen molar-refractivity contribution in [3.8, 4) is 5.75 Å². The summed E-state index contributed by atoms with van der Waals surface area (Å²) in [5.41, 5.74) is 1.19. The van der Waals surface area contributed by atoms with Crippen LogP contribution >= 0.6 is 11.8 Å². The Morgan fingerprint density at radius 2 is 1.72 bits per heavy atom. The lowest BCUT2D eigenvalue weighted by Crippen LogP contribution is -2.33. The molecule has 1 aliphatic heterocycles. The van der Waals surface area contributed by atoms with E-state index in [1.54, 1.807) is 43.5 Å². The summed E-state index contributed by atoms with van der Waals surface area (Å²) in [6.07, 6.45) is 1.67. The number of ether oxygens (including phenoxy) is 1. The number of ketones is 1. The second kappa shape index (κ2) is 7.93. The third kappa shape index (κ3) is 3.67. The van der Waals surface area contributed by atoms with E-state index in [0.29, 0.717) is 11.3 Å². The molecule has 0 radical (unpaired) electrons. The summed E-state index contributed by atoms with van der Waals surface area (Å²) in [7, 11) is 1.56. The van der Waals surface area contributed by atoms with E-state index in [0.717, 1.165) is 33.0 Å². The first-order valence-corrected chi connectivity index (χ1v) is 9.79. The normalized spacial score (nSPS) is 15.3. The Kier molecular flexibility index (Phi) is 5.18. The largest absolute Gasteiger partial charge is 0.496 e. The van der Waals surface area contributed by atoms with Crippen molar-refractivity contribution in [3.05, 3.63) is 82.8 Å². The number of rotatable bonds is 5. The van der Waals surface area contributed by atoms with E-state index >= 15 is 0 Å². The van der Waals surface area contributed by atoms with E-state index in [-0.39, 0.29) is 17.2 Å². The Hall–Kier alpha value is -3.38. The molecule has 29 heavy (non-hydrogen) atoms. The molecule has 0 aromatic heterocycles. The first-order valence-electron chi connectivity index (χ1n) is 8.98. The number of amides is 2. The number of thioether (sulfide) groups is 1. The van der Waals surface area contributed by atoms with Gasteiger partial charge in [0.15, 0.2) is 5.78 Å². The summed E-state index contributed by atoms with van der Waals surface area (Å²) in [6, 6.07) is 20.1. The van der Waals surface area contributed by atoms with Gasteiger partial charge in [0.25, 0.3) is 11.1 Å². The number of methoxy groups -OCH3 is 1. The molecule has 2 amide bonds. The van der Waals surface area contributed by atoms with Crippen LogP contribution in [0.2, 0.25) is 0 Å². The van der Waals surface area contributed by atoms with Gasteiger partial charge < -0.3 is 4.74 Å². The Balaban J connectivity index is 1.67. The van der Waals surface area contributed by atoms with Crippen molar-refractivity contribution in [2.24, 2.45) is 0 Å². The molecular formula is C23H17NO4S. The molecule has 144 valence electrons. The Morgan fingerprint density at radius 1 is 1.00 bits per heavy atom. The number of carbonyl (C=O) groups is 3. The summed E-state index contributed by atoms with van der Waals surface area (Å²) in [5, 5.41) is 1.46. The van der Waals surface area contributed by atoms with Crippen LogP contribution in [-0.2, 0) is 4.79 Å². The van der Waals surface area contributed by atoms with Crippen LogP contribution in [0.4, 0.5) is 4.79 Å². The lowest BCUT2D eigenvalue weighted by atomic mass is 10.0. The van der Waals surface area contributed by atoms with Gasteiger partial charge in [0.2, 0.25) is 0 Å². The summed E-state index contributed by atoms with van der Waals surface area (Å²) in [5.74, 6) is -0.146. The van der Waals surface area contributed by atoms with Crippen LogP contribution in [0.5, 0.6) is 5.75 Å². The summed E-state index contributed by atoms with van der Waals surface area (Å²) in [4.78, 5) is 39.0. The first kappa shape index (κ1) is 19.0. The molecular weight excluding hydrogens is 386 g/mol. The van der Waals surface area contributed by atoms with E-state index in [4.69, 9.17) is 4.74 Å². The zero-order valence-corrected chi connectivity index (χ0v) is 16.4. The van der Waals surface area contributed by atoms with Crippen LogP contribution in [0, 0.1) is 0 Å². The minimum absolute atomic E-state index is 0.269. The van der Waals surface area contributed by atoms with Gasteiger partial charge in [-0.15, -0.1) is 0 Å². The number of fused-ring (bicyclic) bond motifs is 1. The molecule has 0 N–H and O–H groups in total. The highest BCUT2D eigenvalue weighted by Gasteiger charge is 2.36. The fourth-order valence-electron chi connectivity index (χ4n) is 3.23. The molecule has 5 nitrogen and oxygen atoms in total. The third-order valence-electron chi connectivity index (χ3n) is 4.70. The SMILES string of the molecule is COc1ccc2ccccc2c1/C=C1/SC(=O)N(CC(=O)c2ccccc2)C1=O. The van der Waals surface area contributed by atoms with Crippen molar-refractivity contribution in [3.63, 3.8) is 0 Å². The molecule has 1 saturated heterocycles. The standard InChI is InChI=1S/C23H17NO4S/c1-28-20-12-11-15-7-5-6-10-17(15)18(20)13-21-22(26)24(23(27)29-21)14-19(25)16-8-3-2-4-9-16/h2-13H,14H2,1H3/b21-13+. The first-order chi connectivity index (χ1) is 14.1. The lowest BCUT2D eigenvalue weighted by Gasteiger charge is -2.11. The molecule has 3 aromatic carbocycles. The quantitative estimate of drug-likeness (QED) is 0.454. The molecule has 6 heteroatoms. The van der Waals surface area contributed by atoms with Crippen molar-refractivity contribution in [1.29, 1.82) is 0 Å². The molecule has 0 bridgehead atoms. The summed E-state index contributed by atoms with van der Waals surface area (Å²) in [6.45, 7) is -0.279. The maximum absolute atomic E-state index is 12.8. The third-order valence-corrected chi connectivity index (χ3v) is 5.60. The number of imide groups is 1. The molecule has 0 spiro atoms. The van der Waals surface area contributed by atoms with Crippen LogP contribution in [0.3, 0.4) is 0 Å². The van der Waals surface area contributed by atoms with Crippen LogP contribution in [0.15, 0.2) is 71.6 Å². The minimum Gasteiger partial charge on any atom is -0.496 e. The second-order valence-corrected chi connectivity index (χ2v) is 7.45. The number of carbonyl (C=O) groups excluding carboxylic acids is 3. The maximum atomic E-state index is 12.8. The van der Waals surface area contributed by atoms with Crippen LogP contribution in [0.25, 0.3) is 16.8 Å². The zero-order valence-electron chi connectivity index (χ0n) is 15.6. The van der Waals surface area contributed by atoms with Crippen molar-refractivity contribution in [2.45, 2.75) is 0 Å². The van der Waals surface area contributed by atoms with E-state index in [1.807, 2.05) is 36.4 Å². The monoisotopic (exact) mass is 403 g/mol. The van der Waals surface area contributed by atoms with Crippen LogP contribution in [-0.4, -0.2) is 35.5 Å². The van der Waals surface area contributed by atoms with Gasteiger partial charge in [0.05, 0.1) is 18.6 Å². The molecule has 3 aromatic rings. The lowest BCUT2D eigenvalue weighted by molar-refractivity contribution is -0.122. The fourth-order valence-corrected chi connectivity index (χ4v) is 4.05. The van der Waals surface area contributed by atoms with Gasteiger partial charge in [-0.2, -0.15) is 0 Å². The average Bonchev–Trinajstić information content (AvgIpc) is 3.02. The number of benzene rings is 3. The zero-order chi connectivity index (χ0) is 20.4. The smallest absolute Gasteiger partial charge is 0.293 e.